The van der Waals surface area contributed by atoms with Gasteiger partial charge in [0.1, 0.15) is 0 Å². The molecule has 0 saturated carbocycles. The molecule has 0 aromatic carbocycles. The number of aliphatic hydroxyl groups excluding tert-OH is 1. The van der Waals surface area contributed by atoms with E-state index in [9.17, 15) is 19.4 Å². The highest BCUT2D eigenvalue weighted by molar-refractivity contribution is 7.47. The lowest BCUT2D eigenvalue weighted by molar-refractivity contribution is -0.123. The SMILES string of the molecule is CCCCCCCCCCCCCCCC(=O)NC(COP(=O)(O)OCCN)C(O)CCCCCCCCCCCC. The summed E-state index contributed by atoms with van der Waals surface area (Å²) in [5, 5.41) is 13.7. The second kappa shape index (κ2) is 30.5. The van der Waals surface area contributed by atoms with Crippen LogP contribution >= 0.6 is 7.82 Å². The van der Waals surface area contributed by atoms with Crippen LogP contribution in [0, 0.1) is 0 Å². The molecule has 0 aliphatic rings. The summed E-state index contributed by atoms with van der Waals surface area (Å²) in [4.78, 5) is 22.5. The van der Waals surface area contributed by atoms with Crippen molar-refractivity contribution in [3.63, 3.8) is 0 Å². The van der Waals surface area contributed by atoms with Gasteiger partial charge in [-0.05, 0) is 12.8 Å². The summed E-state index contributed by atoms with van der Waals surface area (Å²) in [7, 11) is -4.29. The molecule has 0 aliphatic heterocycles. The van der Waals surface area contributed by atoms with E-state index >= 15 is 0 Å². The summed E-state index contributed by atoms with van der Waals surface area (Å²) < 4.78 is 22.0. The zero-order valence-electron chi connectivity index (χ0n) is 27.5. The Morgan fingerprint density at radius 3 is 1.52 bits per heavy atom. The number of amides is 1. The average Bonchev–Trinajstić information content (AvgIpc) is 2.97. The van der Waals surface area contributed by atoms with Crippen LogP contribution in [0.25, 0.3) is 0 Å². The topological polar surface area (TPSA) is 131 Å². The summed E-state index contributed by atoms with van der Waals surface area (Å²) in [5.74, 6) is -0.163. The van der Waals surface area contributed by atoms with Gasteiger partial charge < -0.3 is 21.1 Å². The minimum absolute atomic E-state index is 0.0918. The van der Waals surface area contributed by atoms with Crippen molar-refractivity contribution in [2.24, 2.45) is 5.73 Å². The molecule has 0 aliphatic carbocycles. The summed E-state index contributed by atoms with van der Waals surface area (Å²) >= 11 is 0. The largest absolute Gasteiger partial charge is 0.472 e. The van der Waals surface area contributed by atoms with Crippen molar-refractivity contribution in [2.75, 3.05) is 19.8 Å². The van der Waals surface area contributed by atoms with Gasteiger partial charge in [0.2, 0.25) is 5.91 Å². The Balaban J connectivity index is 4.26. The lowest BCUT2D eigenvalue weighted by Crippen LogP contribution is -2.46. The third kappa shape index (κ3) is 28.3. The standard InChI is InChI=1S/C33H69N2O6P/c1-3-5-7-9-11-13-15-16-17-19-21-23-25-27-33(37)35-31(30-41-42(38,39)40-29-28-34)32(36)26-24-22-20-18-14-12-10-8-6-4-2/h31-32,36H,3-30,34H2,1-2H3,(H,35,37)(H,38,39). The maximum atomic E-state index is 12.6. The minimum atomic E-state index is -4.29. The summed E-state index contributed by atoms with van der Waals surface area (Å²) in [6, 6.07) is -0.764. The van der Waals surface area contributed by atoms with Gasteiger partial charge in [-0.1, -0.05) is 155 Å². The molecule has 0 radical (unpaired) electrons. The van der Waals surface area contributed by atoms with Crippen molar-refractivity contribution in [1.82, 2.24) is 5.32 Å². The molecule has 0 aromatic rings. The highest BCUT2D eigenvalue weighted by Gasteiger charge is 2.27. The van der Waals surface area contributed by atoms with E-state index in [4.69, 9.17) is 14.8 Å². The molecule has 252 valence electrons. The molecule has 8 nitrogen and oxygen atoms in total. The second-order valence-corrected chi connectivity index (χ2v) is 13.5. The van der Waals surface area contributed by atoms with Gasteiger partial charge in [0.25, 0.3) is 0 Å². The molecule has 3 atom stereocenters. The van der Waals surface area contributed by atoms with Gasteiger partial charge in [-0.15, -0.1) is 0 Å². The van der Waals surface area contributed by atoms with Gasteiger partial charge in [-0.25, -0.2) is 4.57 Å². The van der Waals surface area contributed by atoms with E-state index < -0.39 is 20.0 Å². The third-order valence-corrected chi connectivity index (χ3v) is 8.95. The molecular weight excluding hydrogens is 551 g/mol. The monoisotopic (exact) mass is 620 g/mol. The molecule has 42 heavy (non-hydrogen) atoms. The van der Waals surface area contributed by atoms with Crippen LogP contribution in [0.4, 0.5) is 0 Å². The van der Waals surface area contributed by atoms with Gasteiger partial charge in [-0.2, -0.15) is 0 Å². The maximum Gasteiger partial charge on any atom is 0.472 e. The van der Waals surface area contributed by atoms with Crippen LogP contribution in [-0.4, -0.2) is 47.8 Å². The van der Waals surface area contributed by atoms with Gasteiger partial charge in [0, 0.05) is 13.0 Å². The Morgan fingerprint density at radius 1 is 0.690 bits per heavy atom. The number of carbonyl (C=O) groups is 1. The number of hydrogen-bond acceptors (Lipinski definition) is 6. The van der Waals surface area contributed by atoms with Gasteiger partial charge in [0.05, 0.1) is 25.4 Å². The number of nitrogens with one attached hydrogen (secondary N) is 1. The van der Waals surface area contributed by atoms with Crippen LogP contribution in [-0.2, 0) is 18.4 Å². The first kappa shape index (κ1) is 41.5. The predicted molar refractivity (Wildman–Crippen MR) is 175 cm³/mol. The summed E-state index contributed by atoms with van der Waals surface area (Å²) in [6.45, 7) is 4.18. The Labute approximate surface area is 259 Å². The molecule has 0 spiro atoms. The highest BCUT2D eigenvalue weighted by Crippen LogP contribution is 2.43. The fourth-order valence-electron chi connectivity index (χ4n) is 5.25. The van der Waals surface area contributed by atoms with Crippen molar-refractivity contribution in [3.8, 4) is 0 Å². The number of carbonyl (C=O) groups excluding carboxylic acids is 1. The normalized spacial score (nSPS) is 14.5. The smallest absolute Gasteiger partial charge is 0.391 e. The van der Waals surface area contributed by atoms with E-state index in [1.807, 2.05) is 0 Å². The van der Waals surface area contributed by atoms with Crippen LogP contribution < -0.4 is 11.1 Å². The number of hydrogen-bond donors (Lipinski definition) is 4. The van der Waals surface area contributed by atoms with E-state index in [0.717, 1.165) is 38.5 Å². The van der Waals surface area contributed by atoms with E-state index in [-0.39, 0.29) is 25.7 Å². The van der Waals surface area contributed by atoms with Crippen molar-refractivity contribution < 1.29 is 28.4 Å². The number of phosphoric acid groups is 1. The van der Waals surface area contributed by atoms with Gasteiger partial charge >= 0.3 is 7.82 Å². The van der Waals surface area contributed by atoms with Gasteiger partial charge in [0.15, 0.2) is 0 Å². The van der Waals surface area contributed by atoms with Crippen LogP contribution in [0.15, 0.2) is 0 Å². The van der Waals surface area contributed by atoms with Crippen LogP contribution in [0.5, 0.6) is 0 Å². The molecule has 0 saturated heterocycles. The van der Waals surface area contributed by atoms with Gasteiger partial charge in [-0.3, -0.25) is 13.8 Å². The average molecular weight is 621 g/mol. The van der Waals surface area contributed by atoms with Crippen molar-refractivity contribution in [1.29, 1.82) is 0 Å². The fraction of sp³-hybridized carbons (Fsp3) is 0.970. The maximum absolute atomic E-state index is 12.6. The first-order chi connectivity index (χ1) is 20.4. The molecule has 0 bridgehead atoms. The Bertz CT molecular complexity index is 640. The molecular formula is C33H69N2O6P. The fourth-order valence-corrected chi connectivity index (χ4v) is 6.01. The van der Waals surface area contributed by atoms with E-state index in [0.29, 0.717) is 12.8 Å². The Kier molecular flexibility index (Phi) is 30.2. The van der Waals surface area contributed by atoms with Crippen molar-refractivity contribution in [3.05, 3.63) is 0 Å². The zero-order valence-corrected chi connectivity index (χ0v) is 28.4. The second-order valence-electron chi connectivity index (χ2n) is 12.1. The predicted octanol–water partition coefficient (Wildman–Crippen LogP) is 8.72. The number of phosphoric ester groups is 1. The van der Waals surface area contributed by atoms with Crippen LogP contribution in [0.1, 0.15) is 174 Å². The first-order valence-electron chi connectivity index (χ1n) is 17.7. The molecule has 0 aromatic heterocycles. The summed E-state index contributed by atoms with van der Waals surface area (Å²) in [5.41, 5.74) is 5.34. The van der Waals surface area contributed by atoms with E-state index in [1.54, 1.807) is 0 Å². The lowest BCUT2D eigenvalue weighted by Gasteiger charge is -2.25. The molecule has 5 N–H and O–H groups in total. The Hall–Kier alpha value is -0.500. The summed E-state index contributed by atoms with van der Waals surface area (Å²) in [6.07, 6.45) is 28.2. The Morgan fingerprint density at radius 2 is 1.10 bits per heavy atom. The highest BCUT2D eigenvalue weighted by atomic mass is 31.2. The number of aliphatic hydroxyl groups is 1. The molecule has 0 heterocycles. The molecule has 1 amide bonds. The van der Waals surface area contributed by atoms with Crippen LogP contribution in [0.2, 0.25) is 0 Å². The molecule has 9 heteroatoms. The molecule has 0 fully saturated rings. The van der Waals surface area contributed by atoms with Crippen LogP contribution in [0.3, 0.4) is 0 Å². The lowest BCUT2D eigenvalue weighted by atomic mass is 10.0. The third-order valence-electron chi connectivity index (χ3n) is 7.96. The van der Waals surface area contributed by atoms with Crippen molar-refractivity contribution in [2.45, 2.75) is 187 Å². The van der Waals surface area contributed by atoms with Crippen molar-refractivity contribution >= 4 is 13.7 Å². The van der Waals surface area contributed by atoms with E-state index in [2.05, 4.69) is 19.2 Å². The molecule has 3 unspecified atom stereocenters. The minimum Gasteiger partial charge on any atom is -0.391 e. The number of rotatable bonds is 33. The van der Waals surface area contributed by atoms with E-state index in [1.165, 1.54) is 109 Å². The zero-order chi connectivity index (χ0) is 31.2. The number of unbranched alkanes of at least 4 members (excludes halogenated alkanes) is 21. The number of nitrogens with two attached hydrogens (primary N) is 1. The quantitative estimate of drug-likeness (QED) is 0.0426. The first-order valence-corrected chi connectivity index (χ1v) is 19.1. The molecule has 0 rings (SSSR count).